The summed E-state index contributed by atoms with van der Waals surface area (Å²) in [5, 5.41) is 43.7. The Morgan fingerprint density at radius 1 is 0.674 bits per heavy atom. The molecule has 0 bridgehead atoms. The largest absolute Gasteiger partial charge is 0.492 e. The third-order valence-corrected chi connectivity index (χ3v) is 8.12. The molecule has 0 saturated carbocycles. The van der Waals surface area contributed by atoms with Gasteiger partial charge in [0.15, 0.2) is 0 Å². The van der Waals surface area contributed by atoms with Gasteiger partial charge in [-0.25, -0.2) is 0 Å². The van der Waals surface area contributed by atoms with E-state index in [4.69, 9.17) is 14.2 Å². The van der Waals surface area contributed by atoms with Crippen molar-refractivity contribution in [2.24, 2.45) is 0 Å². The first-order valence-electron chi connectivity index (χ1n) is 16.5. The Balaban J connectivity index is 1.64. The maximum absolute atomic E-state index is 11.5. The van der Waals surface area contributed by atoms with Crippen molar-refractivity contribution in [3.05, 3.63) is 89.5 Å². The molecule has 0 radical (unpaired) electrons. The minimum atomic E-state index is -1.13. The van der Waals surface area contributed by atoms with Gasteiger partial charge in [0.2, 0.25) is 0 Å². The first-order valence-corrected chi connectivity index (χ1v) is 16.5. The smallest absolute Gasteiger partial charge is 0.119 e. The Morgan fingerprint density at radius 2 is 1.13 bits per heavy atom. The normalized spacial score (nSPS) is 14.7. The van der Waals surface area contributed by atoms with Crippen LogP contribution in [0.3, 0.4) is 0 Å². The second kappa shape index (κ2) is 20.1. The summed E-state index contributed by atoms with van der Waals surface area (Å²) in [4.78, 5) is 0. The van der Waals surface area contributed by atoms with E-state index in [1.54, 1.807) is 0 Å². The molecule has 0 aliphatic carbocycles. The first kappa shape index (κ1) is 37.3. The van der Waals surface area contributed by atoms with Crippen molar-refractivity contribution >= 4 is 0 Å². The number of ether oxygens (including phenoxy) is 3. The lowest BCUT2D eigenvalue weighted by atomic mass is 9.79. The molecule has 0 aliphatic heterocycles. The van der Waals surface area contributed by atoms with Gasteiger partial charge >= 0.3 is 0 Å². The molecule has 4 atom stereocenters. The van der Waals surface area contributed by atoms with E-state index in [9.17, 15) is 15.3 Å². The number of aliphatic hydroxyl groups is 3. The van der Waals surface area contributed by atoms with Gasteiger partial charge in [-0.2, -0.15) is 0 Å². The molecule has 0 heterocycles. The maximum atomic E-state index is 11.5. The lowest BCUT2D eigenvalue weighted by Gasteiger charge is -2.45. The van der Waals surface area contributed by atoms with E-state index < -0.39 is 23.8 Å². The lowest BCUT2D eigenvalue weighted by Crippen LogP contribution is -2.70. The summed E-state index contributed by atoms with van der Waals surface area (Å²) >= 11 is 0. The highest BCUT2D eigenvalue weighted by Crippen LogP contribution is 2.24. The number of hydrogen-bond acceptors (Lipinski definition) is 9. The Labute approximate surface area is 275 Å². The lowest BCUT2D eigenvalue weighted by molar-refractivity contribution is -0.0229. The maximum Gasteiger partial charge on any atom is 0.119 e. The average Bonchev–Trinajstić information content (AvgIpc) is 3.05. The van der Waals surface area contributed by atoms with Crippen molar-refractivity contribution in [1.29, 1.82) is 0 Å². The monoisotopic (exact) mass is 637 g/mol. The summed E-state index contributed by atoms with van der Waals surface area (Å²) < 4.78 is 17.7. The van der Waals surface area contributed by atoms with Crippen molar-refractivity contribution in [3.63, 3.8) is 0 Å². The molecule has 9 nitrogen and oxygen atoms in total. The van der Waals surface area contributed by atoms with E-state index in [0.717, 1.165) is 34.8 Å². The van der Waals surface area contributed by atoms with E-state index in [-0.39, 0.29) is 13.0 Å². The van der Waals surface area contributed by atoms with E-state index in [0.29, 0.717) is 52.4 Å². The molecule has 254 valence electrons. The summed E-state index contributed by atoms with van der Waals surface area (Å²) in [6, 6.07) is 23.1. The van der Waals surface area contributed by atoms with Crippen molar-refractivity contribution in [3.8, 4) is 17.2 Å². The van der Waals surface area contributed by atoms with Crippen LogP contribution in [-0.4, -0.2) is 91.7 Å². The van der Waals surface area contributed by atoms with Gasteiger partial charge in [0.1, 0.15) is 37.1 Å². The Hall–Kier alpha value is -3.18. The molecule has 4 unspecified atom stereocenters. The molecular formula is C37H55N3O6. The van der Waals surface area contributed by atoms with Gasteiger partial charge in [-0.1, -0.05) is 66.4 Å². The standard InChI is InChI=1S/C37H55N3O6/c1-5-6-36(43)37(27-41,40-21-24-46-34-17-11-30(4)12-18-34)35(39-20-23-45-33-15-9-29(3)10-16-33)25-31(42)26-38-19-22-44-32-13-7-28(2)8-14-32/h7-18,31,35-36,38-43H,5-6,19-27H2,1-4H3. The van der Waals surface area contributed by atoms with Gasteiger partial charge in [0, 0.05) is 32.2 Å². The number of aliphatic hydroxyl groups excluding tert-OH is 3. The molecule has 46 heavy (non-hydrogen) atoms. The van der Waals surface area contributed by atoms with Crippen molar-refractivity contribution in [1.82, 2.24) is 16.0 Å². The zero-order chi connectivity index (χ0) is 33.2. The van der Waals surface area contributed by atoms with Crippen LogP contribution in [-0.2, 0) is 0 Å². The highest BCUT2D eigenvalue weighted by Gasteiger charge is 2.44. The number of aryl methyl sites for hydroxylation is 3. The molecule has 0 aliphatic rings. The molecule has 3 aromatic rings. The van der Waals surface area contributed by atoms with Gasteiger partial charge in [-0.3, -0.25) is 0 Å². The minimum Gasteiger partial charge on any atom is -0.492 e. The van der Waals surface area contributed by atoms with Crippen LogP contribution in [0.5, 0.6) is 17.2 Å². The zero-order valence-corrected chi connectivity index (χ0v) is 28.0. The fraction of sp³-hybridized carbons (Fsp3) is 0.514. The van der Waals surface area contributed by atoms with Crippen molar-refractivity contribution < 1.29 is 29.5 Å². The fourth-order valence-electron chi connectivity index (χ4n) is 5.37. The van der Waals surface area contributed by atoms with Crippen LogP contribution in [0.4, 0.5) is 0 Å². The number of nitrogens with one attached hydrogen (secondary N) is 3. The summed E-state index contributed by atoms with van der Waals surface area (Å²) in [7, 11) is 0. The third kappa shape index (κ3) is 12.5. The molecule has 0 saturated heterocycles. The van der Waals surface area contributed by atoms with E-state index in [1.165, 1.54) is 5.56 Å². The van der Waals surface area contributed by atoms with Gasteiger partial charge in [-0.15, -0.1) is 0 Å². The molecule has 9 heteroatoms. The first-order chi connectivity index (χ1) is 22.3. The van der Waals surface area contributed by atoms with Gasteiger partial charge < -0.3 is 45.5 Å². The molecule has 3 aromatic carbocycles. The predicted molar refractivity (Wildman–Crippen MR) is 184 cm³/mol. The molecule has 0 fully saturated rings. The highest BCUT2D eigenvalue weighted by molar-refractivity contribution is 5.27. The van der Waals surface area contributed by atoms with Crippen LogP contribution in [0.2, 0.25) is 0 Å². The van der Waals surface area contributed by atoms with Crippen molar-refractivity contribution in [2.45, 2.75) is 70.7 Å². The topological polar surface area (TPSA) is 124 Å². The summed E-state index contributed by atoms with van der Waals surface area (Å²) in [5.74, 6) is 2.33. The van der Waals surface area contributed by atoms with Crippen LogP contribution in [0.1, 0.15) is 42.9 Å². The van der Waals surface area contributed by atoms with Crippen LogP contribution in [0.15, 0.2) is 72.8 Å². The molecule has 0 aromatic heterocycles. The summed E-state index contributed by atoms with van der Waals surface area (Å²) in [6.45, 7) is 10.7. The van der Waals surface area contributed by atoms with Crippen LogP contribution in [0, 0.1) is 20.8 Å². The van der Waals surface area contributed by atoms with Gasteiger partial charge in [0.25, 0.3) is 0 Å². The fourth-order valence-corrected chi connectivity index (χ4v) is 5.37. The van der Waals surface area contributed by atoms with Gasteiger partial charge in [0.05, 0.1) is 24.4 Å². The SMILES string of the molecule is CCCC(O)C(CO)(NCCOc1ccc(C)cc1)C(CC(O)CNCCOc1ccc(C)cc1)NCCOc1ccc(C)cc1. The highest BCUT2D eigenvalue weighted by atomic mass is 16.5. The zero-order valence-electron chi connectivity index (χ0n) is 28.0. The van der Waals surface area contributed by atoms with E-state index in [2.05, 4.69) is 16.0 Å². The predicted octanol–water partition coefficient (Wildman–Crippen LogP) is 3.93. The van der Waals surface area contributed by atoms with E-state index in [1.807, 2.05) is 100 Å². The molecule has 0 spiro atoms. The molecule has 6 N–H and O–H groups in total. The molecule has 3 rings (SSSR count). The Morgan fingerprint density at radius 3 is 1.59 bits per heavy atom. The van der Waals surface area contributed by atoms with E-state index >= 15 is 0 Å². The minimum absolute atomic E-state index is 0.281. The third-order valence-electron chi connectivity index (χ3n) is 8.12. The van der Waals surface area contributed by atoms with Crippen LogP contribution in [0.25, 0.3) is 0 Å². The van der Waals surface area contributed by atoms with Crippen molar-refractivity contribution in [2.75, 3.05) is 52.6 Å². The van der Waals surface area contributed by atoms with Crippen LogP contribution < -0.4 is 30.2 Å². The second-order valence-electron chi connectivity index (χ2n) is 12.0. The second-order valence-corrected chi connectivity index (χ2v) is 12.0. The van der Waals surface area contributed by atoms with Crippen LogP contribution >= 0.6 is 0 Å². The molecule has 0 amide bonds. The number of hydrogen-bond donors (Lipinski definition) is 6. The molecular weight excluding hydrogens is 582 g/mol. The summed E-state index contributed by atoms with van der Waals surface area (Å²) in [5.41, 5.74) is 2.35. The average molecular weight is 638 g/mol. The van der Waals surface area contributed by atoms with Gasteiger partial charge in [-0.05, 0) is 70.0 Å². The quantitative estimate of drug-likeness (QED) is 0.0859. The Bertz CT molecular complexity index is 1230. The Kier molecular flexibility index (Phi) is 16.3. The number of rotatable bonds is 23. The summed E-state index contributed by atoms with van der Waals surface area (Å²) in [6.07, 6.45) is -0.127. The number of benzene rings is 3.